The number of halogens is 3. The lowest BCUT2D eigenvalue weighted by Crippen LogP contribution is -2.30. The molecule has 10 heteroatoms. The highest BCUT2D eigenvalue weighted by Crippen LogP contribution is 2.45. The van der Waals surface area contributed by atoms with Gasteiger partial charge in [-0.2, -0.15) is 18.3 Å². The van der Waals surface area contributed by atoms with Gasteiger partial charge >= 0.3 is 6.18 Å². The summed E-state index contributed by atoms with van der Waals surface area (Å²) >= 11 is 0. The highest BCUT2D eigenvalue weighted by molar-refractivity contribution is 5.67. The Hall–Kier alpha value is -3.69. The van der Waals surface area contributed by atoms with Crippen molar-refractivity contribution in [2.24, 2.45) is 5.92 Å². The van der Waals surface area contributed by atoms with Crippen molar-refractivity contribution in [3.8, 4) is 11.6 Å². The summed E-state index contributed by atoms with van der Waals surface area (Å²) < 4.78 is 50.0. The number of ether oxygens (including phenoxy) is 1. The predicted molar refractivity (Wildman–Crippen MR) is 125 cm³/mol. The smallest absolute Gasteiger partial charge is 0.412 e. The molecule has 0 bridgehead atoms. The van der Waals surface area contributed by atoms with Crippen LogP contribution in [0.1, 0.15) is 48.1 Å². The van der Waals surface area contributed by atoms with Gasteiger partial charge in [-0.15, -0.1) is 0 Å². The number of allylic oxidation sites excluding steroid dienone is 4. The van der Waals surface area contributed by atoms with Crippen molar-refractivity contribution >= 4 is 12.2 Å². The van der Waals surface area contributed by atoms with Gasteiger partial charge in [0.05, 0.1) is 12.8 Å². The summed E-state index contributed by atoms with van der Waals surface area (Å²) in [6.07, 6.45) is 10.7. The molecule has 2 aliphatic rings. The van der Waals surface area contributed by atoms with E-state index < -0.39 is 17.7 Å². The summed E-state index contributed by atoms with van der Waals surface area (Å²) in [5.41, 5.74) is 1.17. The first-order valence-electron chi connectivity index (χ1n) is 11.4. The number of nitrogens with zero attached hydrogens (tertiary/aromatic N) is 6. The van der Waals surface area contributed by atoms with Crippen LogP contribution >= 0.6 is 0 Å². The summed E-state index contributed by atoms with van der Waals surface area (Å²) in [6, 6.07) is 1.85. The molecule has 7 nitrogen and oxygen atoms in total. The third-order valence-electron chi connectivity index (χ3n) is 6.40. The van der Waals surface area contributed by atoms with Gasteiger partial charge in [0.2, 0.25) is 0 Å². The molecule has 182 valence electrons. The number of hydrogen-bond acceptors (Lipinski definition) is 5. The van der Waals surface area contributed by atoms with E-state index in [1.54, 1.807) is 41.0 Å². The molecule has 2 unspecified atom stereocenters. The molecule has 35 heavy (non-hydrogen) atoms. The molecule has 0 amide bonds. The van der Waals surface area contributed by atoms with Gasteiger partial charge < -0.3 is 4.74 Å². The van der Waals surface area contributed by atoms with Crippen molar-refractivity contribution in [3.05, 3.63) is 71.5 Å². The first kappa shape index (κ1) is 23.1. The second kappa shape index (κ2) is 9.16. The topological polar surface area (TPSA) is 70.7 Å². The van der Waals surface area contributed by atoms with E-state index in [2.05, 4.69) is 20.1 Å². The molecule has 0 spiro atoms. The third-order valence-corrected chi connectivity index (χ3v) is 6.40. The number of pyridine rings is 1. The standard InChI is InChI=1S/C25H25F3N6O/c1-16-14-33(15-30-16)24-21(35-2)12-17(13-29-24)9-10-22-31-23-19(7-5-11-34(23)32-22)18-6-3-4-8-20(18)25(26,27)28/h3-4,8-10,12-15,18-19H,5-7,11H2,1-2H3/b10-9+. The summed E-state index contributed by atoms with van der Waals surface area (Å²) in [5, 5.41) is 4.54. The van der Waals surface area contributed by atoms with Crippen LogP contribution in [0.3, 0.4) is 0 Å². The zero-order valence-corrected chi connectivity index (χ0v) is 19.4. The molecule has 1 aliphatic carbocycles. The minimum atomic E-state index is -4.35. The molecule has 0 N–H and O–H groups in total. The van der Waals surface area contributed by atoms with E-state index in [0.717, 1.165) is 17.7 Å². The number of alkyl halides is 3. The second-order valence-electron chi connectivity index (χ2n) is 8.74. The number of aryl methyl sites for hydroxylation is 2. The normalized spacial score (nSPS) is 20.2. The zero-order chi connectivity index (χ0) is 24.6. The maximum Gasteiger partial charge on any atom is 0.412 e. The van der Waals surface area contributed by atoms with Gasteiger partial charge in [-0.3, -0.25) is 4.57 Å². The monoisotopic (exact) mass is 482 g/mol. The van der Waals surface area contributed by atoms with E-state index in [-0.39, 0.29) is 5.92 Å². The first-order valence-corrected chi connectivity index (χ1v) is 11.4. The lowest BCUT2D eigenvalue weighted by Gasteiger charge is -2.33. The summed E-state index contributed by atoms with van der Waals surface area (Å²) in [4.78, 5) is 13.3. The Balaban J connectivity index is 1.40. The molecule has 0 aromatic carbocycles. The van der Waals surface area contributed by atoms with Gasteiger partial charge in [0.25, 0.3) is 0 Å². The molecule has 0 saturated heterocycles. The number of rotatable bonds is 5. The number of imidazole rings is 1. The summed E-state index contributed by atoms with van der Waals surface area (Å²) in [6.45, 7) is 2.54. The van der Waals surface area contributed by atoms with E-state index in [9.17, 15) is 13.2 Å². The maximum atomic E-state index is 13.7. The minimum absolute atomic E-state index is 0.323. The number of methoxy groups -OCH3 is 1. The van der Waals surface area contributed by atoms with Crippen molar-refractivity contribution in [2.45, 2.75) is 44.8 Å². The maximum absolute atomic E-state index is 13.7. The molecular formula is C25H25F3N6O. The van der Waals surface area contributed by atoms with Gasteiger partial charge in [0.1, 0.15) is 12.2 Å². The Bertz CT molecular complexity index is 1320. The average Bonchev–Trinajstić information content (AvgIpc) is 3.47. The van der Waals surface area contributed by atoms with Crippen LogP contribution in [0.4, 0.5) is 13.2 Å². The molecule has 4 heterocycles. The predicted octanol–water partition coefficient (Wildman–Crippen LogP) is 5.29. The first-order chi connectivity index (χ1) is 16.8. The summed E-state index contributed by atoms with van der Waals surface area (Å²) in [7, 11) is 1.58. The lowest BCUT2D eigenvalue weighted by molar-refractivity contribution is -0.101. The van der Waals surface area contributed by atoms with E-state index in [1.807, 2.05) is 25.3 Å². The van der Waals surface area contributed by atoms with Crippen LogP contribution in [0.5, 0.6) is 5.75 Å². The molecule has 0 radical (unpaired) electrons. The van der Waals surface area contributed by atoms with Crippen molar-refractivity contribution < 1.29 is 17.9 Å². The van der Waals surface area contributed by atoms with E-state index in [0.29, 0.717) is 42.6 Å². The molecule has 5 rings (SSSR count). The Morgan fingerprint density at radius 2 is 2.03 bits per heavy atom. The molecule has 0 saturated carbocycles. The Morgan fingerprint density at radius 3 is 2.77 bits per heavy atom. The highest BCUT2D eigenvalue weighted by Gasteiger charge is 2.43. The number of fused-ring (bicyclic) bond motifs is 1. The molecule has 3 aromatic rings. The minimum Gasteiger partial charge on any atom is -0.493 e. The van der Waals surface area contributed by atoms with Crippen LogP contribution in [0.2, 0.25) is 0 Å². The van der Waals surface area contributed by atoms with Crippen LogP contribution in [0.15, 0.2) is 48.6 Å². The van der Waals surface area contributed by atoms with Gasteiger partial charge in [0.15, 0.2) is 17.4 Å². The SMILES string of the molecule is COc1cc(/C=C/c2nc3n(n2)CCCC3C2CC=CC=C2C(F)(F)F)cnc1-n1cnc(C)c1. The van der Waals surface area contributed by atoms with E-state index >= 15 is 0 Å². The Labute approximate surface area is 200 Å². The molecule has 3 aromatic heterocycles. The Morgan fingerprint density at radius 1 is 1.17 bits per heavy atom. The fourth-order valence-corrected chi connectivity index (χ4v) is 4.78. The third kappa shape index (κ3) is 4.65. The molecule has 2 atom stereocenters. The van der Waals surface area contributed by atoms with Crippen molar-refractivity contribution in [2.75, 3.05) is 7.11 Å². The van der Waals surface area contributed by atoms with Crippen molar-refractivity contribution in [1.29, 1.82) is 0 Å². The zero-order valence-electron chi connectivity index (χ0n) is 19.4. The largest absolute Gasteiger partial charge is 0.493 e. The van der Waals surface area contributed by atoms with Crippen LogP contribution in [0.25, 0.3) is 18.0 Å². The second-order valence-corrected chi connectivity index (χ2v) is 8.74. The quantitative estimate of drug-likeness (QED) is 0.494. The van der Waals surface area contributed by atoms with Gasteiger partial charge in [-0.05, 0) is 50.0 Å². The number of hydrogen-bond donors (Lipinski definition) is 0. The van der Waals surface area contributed by atoms with Gasteiger partial charge in [0, 0.05) is 36.3 Å². The lowest BCUT2D eigenvalue weighted by atomic mass is 9.77. The Kier molecular flexibility index (Phi) is 6.04. The highest BCUT2D eigenvalue weighted by atomic mass is 19.4. The van der Waals surface area contributed by atoms with Crippen LogP contribution in [-0.4, -0.2) is 42.6 Å². The average molecular weight is 483 g/mol. The van der Waals surface area contributed by atoms with Gasteiger partial charge in [-0.1, -0.05) is 18.2 Å². The fourth-order valence-electron chi connectivity index (χ4n) is 4.78. The van der Waals surface area contributed by atoms with Crippen molar-refractivity contribution in [3.63, 3.8) is 0 Å². The van der Waals surface area contributed by atoms with E-state index in [1.165, 1.54) is 12.2 Å². The van der Waals surface area contributed by atoms with Crippen LogP contribution in [-0.2, 0) is 6.54 Å². The number of aromatic nitrogens is 6. The van der Waals surface area contributed by atoms with E-state index in [4.69, 9.17) is 4.74 Å². The van der Waals surface area contributed by atoms with Crippen LogP contribution < -0.4 is 4.74 Å². The molecule has 1 aliphatic heterocycles. The van der Waals surface area contributed by atoms with Crippen LogP contribution in [0, 0.1) is 12.8 Å². The molecule has 0 fully saturated rings. The fraction of sp³-hybridized carbons (Fsp3) is 0.360. The van der Waals surface area contributed by atoms with Crippen molar-refractivity contribution in [1.82, 2.24) is 29.3 Å². The molecular weight excluding hydrogens is 457 g/mol. The van der Waals surface area contributed by atoms with Gasteiger partial charge in [-0.25, -0.2) is 19.6 Å². The summed E-state index contributed by atoms with van der Waals surface area (Å²) in [5.74, 6) is 1.32.